The first-order valence-corrected chi connectivity index (χ1v) is 33.3. The van der Waals surface area contributed by atoms with E-state index in [0.29, 0.717) is 91.7 Å². The molecule has 24 heteroatoms. The Morgan fingerprint density at radius 2 is 0.859 bits per heavy atom. The minimum atomic E-state index is -1.11. The third-order valence-corrected chi connectivity index (χ3v) is 17.3. The van der Waals surface area contributed by atoms with Gasteiger partial charge in [-0.3, -0.25) is 58.1 Å². The molecule has 2 saturated heterocycles. The third-order valence-electron chi connectivity index (χ3n) is 17.3. The second kappa shape index (κ2) is 33.3. The van der Waals surface area contributed by atoms with E-state index >= 15 is 0 Å². The molecule has 524 valence electrons. The Labute approximate surface area is 576 Å². The number of aromatic nitrogens is 2. The fourth-order valence-electron chi connectivity index (χ4n) is 11.7. The van der Waals surface area contributed by atoms with Crippen molar-refractivity contribution in [3.05, 3.63) is 190 Å². The summed E-state index contributed by atoms with van der Waals surface area (Å²) in [5, 5.41) is 11.6. The van der Waals surface area contributed by atoms with E-state index in [0.717, 1.165) is 9.80 Å². The van der Waals surface area contributed by atoms with Crippen molar-refractivity contribution in [1.29, 1.82) is 0 Å². The molecule has 0 spiro atoms. The lowest BCUT2D eigenvalue weighted by molar-refractivity contribution is -0.138. The molecule has 2 fully saturated rings. The molecule has 99 heavy (non-hydrogen) atoms. The second-order valence-electron chi connectivity index (χ2n) is 27.2. The van der Waals surface area contributed by atoms with Gasteiger partial charge in [-0.25, -0.2) is 18.4 Å². The topological polar surface area (TPSA) is 276 Å². The molecule has 0 radical (unpaired) electrons. The maximum Gasteiger partial charge on any atom is 0.410 e. The number of anilines is 2. The molecule has 0 aliphatic carbocycles. The number of benzene rings is 4. The highest BCUT2D eigenvalue weighted by atomic mass is 19.1. The molecule has 0 unspecified atom stereocenters. The molecule has 6 aromatic rings. The molecular formula is C75H88F2N10O12. The van der Waals surface area contributed by atoms with E-state index in [-0.39, 0.29) is 71.3 Å². The maximum absolute atomic E-state index is 14.8. The summed E-state index contributed by atoms with van der Waals surface area (Å²) in [4.78, 5) is 151. The van der Waals surface area contributed by atoms with Crippen molar-refractivity contribution in [2.45, 2.75) is 173 Å². The Morgan fingerprint density at radius 3 is 1.20 bits per heavy atom. The van der Waals surface area contributed by atoms with E-state index in [1.54, 1.807) is 124 Å². The summed E-state index contributed by atoms with van der Waals surface area (Å²) in [6, 6.07) is 22.2. The number of ether oxygens (including phenoxy) is 2. The fourth-order valence-corrected chi connectivity index (χ4v) is 11.7. The minimum Gasteiger partial charge on any atom is -0.444 e. The molecule has 4 heterocycles. The summed E-state index contributed by atoms with van der Waals surface area (Å²) in [5.41, 5.74) is 2.96. The van der Waals surface area contributed by atoms with E-state index in [9.17, 15) is 56.7 Å². The van der Waals surface area contributed by atoms with Gasteiger partial charge in [0, 0.05) is 111 Å². The van der Waals surface area contributed by atoms with Crippen LogP contribution in [0.25, 0.3) is 0 Å². The standard InChI is InChI=1S/C75H88F2N10O12/c1-46(84(9)72(96)98-74(3,4)5)68(92)82-60(70(94)86-36-14-16-62(86)52-40-54(44-78-42-52)66(90)50-24-28-56(76)29-25-50)38-48-20-32-58(33-21-48)80-64(88)18-12-11-13-19-65(89)81-59-34-22-49(23-35-59)39-61(83-69(93)47(2)85(10)73(97)99-75(6,7)8)71(95)87-37-15-17-63(87)53-41-55(45-79-43-53)67(91)51-26-30-57(77)31-27-51/h20-35,40-47,60-63H,11-19,36-39H2,1-10H3,(H,80,88)(H,81,89)(H,82,92)(H,83,93)/t46-,47-,60-,61-,62-,63-/m0/s1. The van der Waals surface area contributed by atoms with E-state index in [2.05, 4.69) is 31.2 Å². The zero-order chi connectivity index (χ0) is 71.9. The summed E-state index contributed by atoms with van der Waals surface area (Å²) in [5.74, 6) is -4.18. The Hall–Kier alpha value is -10.3. The van der Waals surface area contributed by atoms with Gasteiger partial charge in [0.25, 0.3) is 0 Å². The molecule has 4 aromatic carbocycles. The lowest BCUT2D eigenvalue weighted by atomic mass is 9.99. The number of amides is 8. The number of nitrogens with zero attached hydrogens (tertiary/aromatic N) is 6. The predicted octanol–water partition coefficient (Wildman–Crippen LogP) is 11.0. The van der Waals surface area contributed by atoms with Crippen molar-refractivity contribution >= 4 is 70.6 Å². The van der Waals surface area contributed by atoms with Gasteiger partial charge in [-0.1, -0.05) is 30.7 Å². The number of likely N-dealkylation sites (N-methyl/N-ethyl adjacent to an activating group) is 2. The molecule has 2 aliphatic heterocycles. The van der Waals surface area contributed by atoms with E-state index < -0.39 is 94.9 Å². The summed E-state index contributed by atoms with van der Waals surface area (Å²) in [7, 11) is 2.87. The quantitative estimate of drug-likeness (QED) is 0.0290. The first-order chi connectivity index (χ1) is 46.9. The SMILES string of the molecule is C[C@@H](C(=O)N[C@@H](Cc1ccc(NC(=O)CCCCCC(=O)Nc2ccc(C[C@H](NC(=O)[C@H](C)N(C)C(=O)OC(C)(C)C)C(=O)N3CCC[C@H]3c3cncc(C(=O)c4ccc(F)cc4)c3)cc2)cc1)C(=O)N1CCC[C@H]1c1cncc(C(=O)c2ccc(F)cc2)c1)N(C)C(=O)OC(C)(C)C. The molecule has 2 aromatic heterocycles. The molecule has 8 rings (SSSR count). The van der Waals surface area contributed by atoms with Crippen molar-refractivity contribution in [2.75, 3.05) is 37.8 Å². The summed E-state index contributed by atoms with van der Waals surface area (Å²) >= 11 is 0. The fraction of sp³-hybridized carbons (Fsp3) is 0.413. The number of likely N-dealkylation sites (tertiary alicyclic amines) is 2. The molecule has 8 amide bonds. The average molecular weight is 1360 g/mol. The number of nitrogens with one attached hydrogen (secondary N) is 4. The van der Waals surface area contributed by atoms with Crippen LogP contribution in [0.2, 0.25) is 0 Å². The highest BCUT2D eigenvalue weighted by Gasteiger charge is 2.39. The molecule has 6 atom stereocenters. The highest BCUT2D eigenvalue weighted by Crippen LogP contribution is 2.35. The molecule has 2 aliphatic rings. The number of pyridine rings is 2. The number of carbonyl (C=O) groups is 10. The Bertz CT molecular complexity index is 3650. The zero-order valence-corrected chi connectivity index (χ0v) is 57.7. The summed E-state index contributed by atoms with van der Waals surface area (Å²) < 4.78 is 38.4. The van der Waals surface area contributed by atoms with Crippen molar-refractivity contribution in [3.8, 4) is 0 Å². The van der Waals surface area contributed by atoms with Gasteiger partial charge in [-0.05, 0) is 201 Å². The molecule has 4 N–H and O–H groups in total. The largest absolute Gasteiger partial charge is 0.444 e. The van der Waals surface area contributed by atoms with E-state index in [1.165, 1.54) is 88.9 Å². The maximum atomic E-state index is 14.8. The normalized spacial score (nSPS) is 15.7. The molecule has 0 saturated carbocycles. The van der Waals surface area contributed by atoms with Gasteiger partial charge >= 0.3 is 12.2 Å². The van der Waals surface area contributed by atoms with Gasteiger partial charge in [0.2, 0.25) is 35.4 Å². The van der Waals surface area contributed by atoms with Crippen LogP contribution in [-0.4, -0.2) is 151 Å². The smallest absolute Gasteiger partial charge is 0.410 e. The van der Waals surface area contributed by atoms with Gasteiger partial charge in [-0.15, -0.1) is 0 Å². The van der Waals surface area contributed by atoms with Crippen molar-refractivity contribution in [1.82, 2.24) is 40.2 Å². The summed E-state index contributed by atoms with van der Waals surface area (Å²) in [6.07, 6.45) is 8.91. The summed E-state index contributed by atoms with van der Waals surface area (Å²) in [6.45, 7) is 14.0. The first kappa shape index (κ1) is 74.5. The monoisotopic (exact) mass is 1360 g/mol. The van der Waals surface area contributed by atoms with Crippen LogP contribution in [-0.2, 0) is 51.1 Å². The number of rotatable bonds is 26. The molecule has 22 nitrogen and oxygen atoms in total. The van der Waals surface area contributed by atoms with Gasteiger partial charge in [-0.2, -0.15) is 0 Å². The van der Waals surface area contributed by atoms with Gasteiger partial charge in [0.05, 0.1) is 12.1 Å². The average Bonchev–Trinajstić information content (AvgIpc) is 1.76. The zero-order valence-electron chi connectivity index (χ0n) is 57.7. The van der Waals surface area contributed by atoms with E-state index in [1.807, 2.05) is 0 Å². The van der Waals surface area contributed by atoms with Gasteiger partial charge in [0.1, 0.15) is 47.0 Å². The van der Waals surface area contributed by atoms with Gasteiger partial charge < -0.3 is 40.5 Å². The second-order valence-corrected chi connectivity index (χ2v) is 27.2. The van der Waals surface area contributed by atoms with Crippen LogP contribution >= 0.6 is 0 Å². The Balaban J connectivity index is 0.845. The van der Waals surface area contributed by atoms with Crippen LogP contribution in [0.4, 0.5) is 29.7 Å². The molecular weight excluding hydrogens is 1270 g/mol. The number of unbranched alkanes of at least 4 members (excludes halogenated alkanes) is 2. The van der Waals surface area contributed by atoms with Gasteiger partial charge in [0.15, 0.2) is 11.6 Å². The predicted molar refractivity (Wildman–Crippen MR) is 367 cm³/mol. The Kier molecular flexibility index (Phi) is 25.1. The van der Waals surface area contributed by atoms with Crippen LogP contribution in [0, 0.1) is 11.6 Å². The van der Waals surface area contributed by atoms with Crippen LogP contribution in [0.5, 0.6) is 0 Å². The Morgan fingerprint density at radius 1 is 0.505 bits per heavy atom. The van der Waals surface area contributed by atoms with Crippen LogP contribution in [0.15, 0.2) is 134 Å². The van der Waals surface area contributed by atoms with Crippen molar-refractivity contribution in [2.24, 2.45) is 0 Å². The van der Waals surface area contributed by atoms with Crippen molar-refractivity contribution < 1.29 is 66.2 Å². The first-order valence-electron chi connectivity index (χ1n) is 33.3. The third kappa shape index (κ3) is 20.9. The number of hydrogen-bond donors (Lipinski definition) is 4. The van der Waals surface area contributed by atoms with Crippen LogP contribution in [0.1, 0.15) is 179 Å². The number of carbonyl (C=O) groups excluding carboxylic acids is 10. The number of hydrogen-bond acceptors (Lipinski definition) is 14. The van der Waals surface area contributed by atoms with E-state index in [4.69, 9.17) is 9.47 Å². The number of halogens is 2. The van der Waals surface area contributed by atoms with Crippen molar-refractivity contribution in [3.63, 3.8) is 0 Å². The number of ketones is 2. The van der Waals surface area contributed by atoms with Crippen LogP contribution in [0.3, 0.4) is 0 Å². The lowest BCUT2D eigenvalue weighted by Crippen LogP contribution is -2.55. The highest BCUT2D eigenvalue weighted by molar-refractivity contribution is 6.09. The van der Waals surface area contributed by atoms with Crippen LogP contribution < -0.4 is 21.3 Å². The molecule has 0 bridgehead atoms. The lowest BCUT2D eigenvalue weighted by Gasteiger charge is -2.32. The minimum absolute atomic E-state index is 0.0408.